The molecule has 1 N–H and O–H groups in total. The van der Waals surface area contributed by atoms with Crippen molar-refractivity contribution in [3.05, 3.63) is 12.8 Å². The van der Waals surface area contributed by atoms with Crippen LogP contribution in [0.25, 0.3) is 0 Å². The number of nitrogens with one attached hydrogen (secondary N) is 1. The molecule has 1 aliphatic heterocycles. The summed E-state index contributed by atoms with van der Waals surface area (Å²) in [7, 11) is 0. The van der Waals surface area contributed by atoms with Gasteiger partial charge >= 0.3 is 0 Å². The van der Waals surface area contributed by atoms with E-state index in [0.29, 0.717) is 0 Å². The molecule has 0 aromatic rings. The SMILES string of the molecule is C=CNC1CCCO1. The minimum absolute atomic E-state index is 0.243. The van der Waals surface area contributed by atoms with Crippen molar-refractivity contribution in [1.29, 1.82) is 0 Å². The van der Waals surface area contributed by atoms with Crippen molar-refractivity contribution >= 4 is 0 Å². The highest BCUT2D eigenvalue weighted by atomic mass is 16.5. The van der Waals surface area contributed by atoms with E-state index in [-0.39, 0.29) is 6.23 Å². The first-order valence-corrected chi connectivity index (χ1v) is 2.92. The molecule has 2 nitrogen and oxygen atoms in total. The molecule has 1 aliphatic rings. The van der Waals surface area contributed by atoms with Crippen LogP contribution in [0.2, 0.25) is 0 Å². The third kappa shape index (κ3) is 1.23. The van der Waals surface area contributed by atoms with Gasteiger partial charge in [-0.1, -0.05) is 6.58 Å². The summed E-state index contributed by atoms with van der Waals surface area (Å²) in [4.78, 5) is 0. The molecule has 8 heavy (non-hydrogen) atoms. The summed E-state index contributed by atoms with van der Waals surface area (Å²) in [6.45, 7) is 4.43. The largest absolute Gasteiger partial charge is 0.367 e. The maximum atomic E-state index is 5.21. The third-order valence-corrected chi connectivity index (χ3v) is 1.23. The van der Waals surface area contributed by atoms with Crippen LogP contribution in [0.3, 0.4) is 0 Å². The van der Waals surface area contributed by atoms with Gasteiger partial charge in [0, 0.05) is 6.61 Å². The van der Waals surface area contributed by atoms with E-state index in [0.717, 1.165) is 13.0 Å². The molecular weight excluding hydrogens is 102 g/mol. The highest BCUT2D eigenvalue weighted by molar-refractivity contribution is 4.70. The predicted octanol–water partition coefficient (Wildman–Crippen LogP) is 0.856. The minimum Gasteiger partial charge on any atom is -0.367 e. The molecule has 0 bridgehead atoms. The van der Waals surface area contributed by atoms with E-state index in [4.69, 9.17) is 4.74 Å². The summed E-state index contributed by atoms with van der Waals surface area (Å²) in [5, 5.41) is 2.99. The first kappa shape index (κ1) is 5.63. The van der Waals surface area contributed by atoms with Crippen LogP contribution in [0.1, 0.15) is 12.8 Å². The van der Waals surface area contributed by atoms with Crippen LogP contribution in [-0.4, -0.2) is 12.8 Å². The lowest BCUT2D eigenvalue weighted by Crippen LogP contribution is -2.21. The van der Waals surface area contributed by atoms with Crippen molar-refractivity contribution in [2.24, 2.45) is 0 Å². The van der Waals surface area contributed by atoms with Gasteiger partial charge in [-0.2, -0.15) is 0 Å². The molecule has 0 saturated carbocycles. The third-order valence-electron chi connectivity index (χ3n) is 1.23. The normalized spacial score (nSPS) is 27.8. The monoisotopic (exact) mass is 113 g/mol. The fourth-order valence-corrected chi connectivity index (χ4v) is 0.841. The second kappa shape index (κ2) is 2.72. The van der Waals surface area contributed by atoms with E-state index in [1.807, 2.05) is 0 Å². The zero-order valence-electron chi connectivity index (χ0n) is 4.89. The zero-order chi connectivity index (χ0) is 5.82. The first-order chi connectivity index (χ1) is 3.93. The summed E-state index contributed by atoms with van der Waals surface area (Å²) in [5.41, 5.74) is 0. The number of ether oxygens (including phenoxy) is 1. The van der Waals surface area contributed by atoms with Gasteiger partial charge in [-0.05, 0) is 19.0 Å². The Labute approximate surface area is 49.5 Å². The molecule has 0 radical (unpaired) electrons. The lowest BCUT2D eigenvalue weighted by molar-refractivity contribution is 0.0956. The van der Waals surface area contributed by atoms with Gasteiger partial charge in [-0.3, -0.25) is 0 Å². The van der Waals surface area contributed by atoms with Gasteiger partial charge in [0.1, 0.15) is 6.23 Å². The fourth-order valence-electron chi connectivity index (χ4n) is 0.841. The zero-order valence-corrected chi connectivity index (χ0v) is 4.89. The Balaban J connectivity index is 2.14. The highest BCUT2D eigenvalue weighted by Crippen LogP contribution is 2.07. The molecule has 1 rings (SSSR count). The average Bonchev–Trinajstić information content (AvgIpc) is 2.19. The summed E-state index contributed by atoms with van der Waals surface area (Å²) in [6.07, 6.45) is 4.21. The lowest BCUT2D eigenvalue weighted by atomic mass is 10.3. The Bertz CT molecular complexity index is 76.6. The van der Waals surface area contributed by atoms with Crippen LogP contribution in [0.15, 0.2) is 12.8 Å². The highest BCUT2D eigenvalue weighted by Gasteiger charge is 2.11. The summed E-state index contributed by atoms with van der Waals surface area (Å²) >= 11 is 0. The molecule has 0 spiro atoms. The van der Waals surface area contributed by atoms with Gasteiger partial charge in [-0.15, -0.1) is 0 Å². The Morgan fingerprint density at radius 2 is 2.62 bits per heavy atom. The van der Waals surface area contributed by atoms with Crippen molar-refractivity contribution in [2.75, 3.05) is 6.61 Å². The van der Waals surface area contributed by atoms with Gasteiger partial charge in [0.2, 0.25) is 0 Å². The molecule has 1 atom stereocenters. The molecule has 0 amide bonds. The molecule has 46 valence electrons. The molecular formula is C6H11NO. The number of rotatable bonds is 2. The van der Waals surface area contributed by atoms with Gasteiger partial charge in [0.15, 0.2) is 0 Å². The van der Waals surface area contributed by atoms with Gasteiger partial charge in [0.05, 0.1) is 0 Å². The van der Waals surface area contributed by atoms with E-state index in [1.165, 1.54) is 6.42 Å². The summed E-state index contributed by atoms with van der Waals surface area (Å²) in [6, 6.07) is 0. The van der Waals surface area contributed by atoms with Crippen molar-refractivity contribution in [1.82, 2.24) is 5.32 Å². The second-order valence-corrected chi connectivity index (χ2v) is 1.87. The Morgan fingerprint density at radius 1 is 1.75 bits per heavy atom. The van der Waals surface area contributed by atoms with Crippen LogP contribution in [0, 0.1) is 0 Å². The Morgan fingerprint density at radius 3 is 3.12 bits per heavy atom. The molecule has 0 aromatic carbocycles. The molecule has 1 unspecified atom stereocenters. The van der Waals surface area contributed by atoms with E-state index in [9.17, 15) is 0 Å². The quantitative estimate of drug-likeness (QED) is 0.573. The minimum atomic E-state index is 0.243. The van der Waals surface area contributed by atoms with Crippen molar-refractivity contribution in [3.8, 4) is 0 Å². The Kier molecular flexibility index (Phi) is 1.92. The Hall–Kier alpha value is -0.500. The second-order valence-electron chi connectivity index (χ2n) is 1.87. The van der Waals surface area contributed by atoms with E-state index < -0.39 is 0 Å². The van der Waals surface area contributed by atoms with Crippen molar-refractivity contribution in [2.45, 2.75) is 19.1 Å². The smallest absolute Gasteiger partial charge is 0.127 e. The van der Waals surface area contributed by atoms with Crippen molar-refractivity contribution in [3.63, 3.8) is 0 Å². The maximum absolute atomic E-state index is 5.21. The molecule has 0 aromatic heterocycles. The number of hydrogen-bond acceptors (Lipinski definition) is 2. The van der Waals surface area contributed by atoms with Crippen LogP contribution in [0.5, 0.6) is 0 Å². The summed E-state index contributed by atoms with van der Waals surface area (Å²) in [5.74, 6) is 0. The van der Waals surface area contributed by atoms with Crippen LogP contribution >= 0.6 is 0 Å². The van der Waals surface area contributed by atoms with E-state index in [1.54, 1.807) is 6.20 Å². The molecule has 1 heterocycles. The van der Waals surface area contributed by atoms with E-state index in [2.05, 4.69) is 11.9 Å². The van der Waals surface area contributed by atoms with E-state index >= 15 is 0 Å². The van der Waals surface area contributed by atoms with Gasteiger partial charge in [-0.25, -0.2) is 0 Å². The topological polar surface area (TPSA) is 21.3 Å². The summed E-state index contributed by atoms with van der Waals surface area (Å²) < 4.78 is 5.21. The van der Waals surface area contributed by atoms with Crippen LogP contribution in [0.4, 0.5) is 0 Å². The standard InChI is InChI=1S/C6H11NO/c1-2-7-6-4-3-5-8-6/h2,6-7H,1,3-5H2. The van der Waals surface area contributed by atoms with Crippen molar-refractivity contribution < 1.29 is 4.74 Å². The van der Waals surface area contributed by atoms with Crippen LogP contribution in [-0.2, 0) is 4.74 Å². The lowest BCUT2D eigenvalue weighted by Gasteiger charge is -2.06. The molecule has 0 aliphatic carbocycles. The fraction of sp³-hybridized carbons (Fsp3) is 0.667. The molecule has 1 fully saturated rings. The van der Waals surface area contributed by atoms with Gasteiger partial charge < -0.3 is 10.1 Å². The van der Waals surface area contributed by atoms with Crippen LogP contribution < -0.4 is 5.32 Å². The maximum Gasteiger partial charge on any atom is 0.127 e. The molecule has 2 heteroatoms. The average molecular weight is 113 g/mol. The number of hydrogen-bond donors (Lipinski definition) is 1. The van der Waals surface area contributed by atoms with Gasteiger partial charge in [0.25, 0.3) is 0 Å². The predicted molar refractivity (Wildman–Crippen MR) is 32.3 cm³/mol. The molecule has 1 saturated heterocycles. The first-order valence-electron chi connectivity index (χ1n) is 2.92.